The van der Waals surface area contributed by atoms with Crippen molar-refractivity contribution >= 4 is 5.95 Å². The number of rotatable bonds is 6. The smallest absolute Gasteiger partial charge is 0.207 e. The second-order valence-electron chi connectivity index (χ2n) is 4.15. The van der Waals surface area contributed by atoms with Gasteiger partial charge in [-0.25, -0.2) is 4.98 Å². The van der Waals surface area contributed by atoms with Crippen LogP contribution >= 0.6 is 0 Å². The fourth-order valence-electron chi connectivity index (χ4n) is 1.84. The molecule has 0 bridgehead atoms. The van der Waals surface area contributed by atoms with Crippen LogP contribution in [0.4, 0.5) is 5.95 Å². The number of anilines is 1. The highest BCUT2D eigenvalue weighted by Gasteiger charge is 2.04. The van der Waals surface area contributed by atoms with Crippen LogP contribution in [0.2, 0.25) is 0 Å². The van der Waals surface area contributed by atoms with Gasteiger partial charge in [0.2, 0.25) is 5.95 Å². The second kappa shape index (κ2) is 6.21. The van der Waals surface area contributed by atoms with E-state index in [1.165, 1.54) is 0 Å². The van der Waals surface area contributed by atoms with E-state index in [-0.39, 0.29) is 0 Å². The summed E-state index contributed by atoms with van der Waals surface area (Å²) in [4.78, 5) is 4.33. The molecule has 2 rings (SSSR count). The van der Waals surface area contributed by atoms with Crippen molar-refractivity contribution in [2.45, 2.75) is 20.0 Å². The Hall–Kier alpha value is -1.81. The molecule has 0 saturated heterocycles. The number of imidazole rings is 1. The molecule has 0 unspecified atom stereocenters. The number of aromatic nitrogens is 2. The van der Waals surface area contributed by atoms with Crippen molar-refractivity contribution in [3.8, 4) is 5.69 Å². The van der Waals surface area contributed by atoms with Crippen LogP contribution in [0.15, 0.2) is 36.7 Å². The van der Waals surface area contributed by atoms with Gasteiger partial charge in [0.25, 0.3) is 0 Å². The number of ether oxygens (including phenoxy) is 1. The molecule has 4 nitrogen and oxygen atoms in total. The molecule has 0 aliphatic heterocycles. The third kappa shape index (κ3) is 2.90. The third-order valence-electron chi connectivity index (χ3n) is 2.67. The van der Waals surface area contributed by atoms with E-state index in [0.29, 0.717) is 6.61 Å². The van der Waals surface area contributed by atoms with E-state index in [1.54, 1.807) is 13.3 Å². The van der Waals surface area contributed by atoms with Gasteiger partial charge in [-0.05, 0) is 24.1 Å². The lowest BCUT2D eigenvalue weighted by Gasteiger charge is -2.10. The van der Waals surface area contributed by atoms with Crippen molar-refractivity contribution in [1.29, 1.82) is 0 Å². The van der Waals surface area contributed by atoms with Crippen molar-refractivity contribution in [3.63, 3.8) is 0 Å². The van der Waals surface area contributed by atoms with Gasteiger partial charge in [-0.15, -0.1) is 0 Å². The summed E-state index contributed by atoms with van der Waals surface area (Å²) < 4.78 is 7.21. The zero-order valence-corrected chi connectivity index (χ0v) is 10.9. The first-order valence-electron chi connectivity index (χ1n) is 6.20. The summed E-state index contributed by atoms with van der Waals surface area (Å²) in [6.07, 6.45) is 4.85. The van der Waals surface area contributed by atoms with Crippen LogP contribution in [-0.2, 0) is 11.3 Å². The number of benzene rings is 1. The van der Waals surface area contributed by atoms with Crippen LogP contribution in [0.25, 0.3) is 5.69 Å². The van der Waals surface area contributed by atoms with Gasteiger partial charge in [-0.3, -0.25) is 4.57 Å². The Morgan fingerprint density at radius 1 is 1.39 bits per heavy atom. The molecule has 0 saturated carbocycles. The Morgan fingerprint density at radius 2 is 2.28 bits per heavy atom. The quantitative estimate of drug-likeness (QED) is 0.850. The molecule has 0 atom stereocenters. The molecule has 1 aromatic heterocycles. The van der Waals surface area contributed by atoms with Gasteiger partial charge in [0, 0.05) is 31.7 Å². The SMILES string of the molecule is CCCNc1nccn1-c1cccc(COC)c1. The molecule has 1 N–H and O–H groups in total. The minimum Gasteiger partial charge on any atom is -0.380 e. The van der Waals surface area contributed by atoms with E-state index in [0.717, 1.165) is 30.2 Å². The van der Waals surface area contributed by atoms with E-state index in [1.807, 2.05) is 12.3 Å². The van der Waals surface area contributed by atoms with Crippen molar-refractivity contribution < 1.29 is 4.74 Å². The molecule has 1 aromatic carbocycles. The van der Waals surface area contributed by atoms with Gasteiger partial charge < -0.3 is 10.1 Å². The first kappa shape index (κ1) is 12.6. The van der Waals surface area contributed by atoms with Crippen LogP contribution in [0, 0.1) is 0 Å². The predicted molar refractivity (Wildman–Crippen MR) is 73.1 cm³/mol. The van der Waals surface area contributed by atoms with Crippen molar-refractivity contribution in [1.82, 2.24) is 9.55 Å². The number of methoxy groups -OCH3 is 1. The molecule has 1 heterocycles. The minimum absolute atomic E-state index is 0.625. The van der Waals surface area contributed by atoms with Gasteiger partial charge >= 0.3 is 0 Å². The van der Waals surface area contributed by atoms with Gasteiger partial charge in [-0.2, -0.15) is 0 Å². The predicted octanol–water partition coefficient (Wildman–Crippen LogP) is 2.84. The summed E-state index contributed by atoms with van der Waals surface area (Å²) in [5.41, 5.74) is 2.26. The fraction of sp³-hybridized carbons (Fsp3) is 0.357. The van der Waals surface area contributed by atoms with E-state index in [2.05, 4.69) is 40.0 Å². The van der Waals surface area contributed by atoms with Crippen molar-refractivity contribution in [2.24, 2.45) is 0 Å². The lowest BCUT2D eigenvalue weighted by Crippen LogP contribution is -2.06. The normalized spacial score (nSPS) is 10.6. The molecule has 0 fully saturated rings. The summed E-state index contributed by atoms with van der Waals surface area (Å²) in [5.74, 6) is 0.881. The van der Waals surface area contributed by atoms with Crippen LogP contribution in [-0.4, -0.2) is 23.2 Å². The number of nitrogens with zero attached hydrogens (tertiary/aromatic N) is 2. The van der Waals surface area contributed by atoms with Gasteiger partial charge in [0.1, 0.15) is 0 Å². The maximum Gasteiger partial charge on any atom is 0.207 e. The lowest BCUT2D eigenvalue weighted by atomic mass is 10.2. The highest BCUT2D eigenvalue weighted by molar-refractivity contribution is 5.43. The molecule has 0 aliphatic rings. The monoisotopic (exact) mass is 245 g/mol. The molecule has 0 amide bonds. The maximum absolute atomic E-state index is 5.15. The maximum atomic E-state index is 5.15. The molecule has 0 aliphatic carbocycles. The van der Waals surface area contributed by atoms with Crippen molar-refractivity contribution in [3.05, 3.63) is 42.2 Å². The Balaban J connectivity index is 2.24. The highest BCUT2D eigenvalue weighted by Crippen LogP contribution is 2.16. The summed E-state index contributed by atoms with van der Waals surface area (Å²) in [7, 11) is 1.71. The average molecular weight is 245 g/mol. The van der Waals surface area contributed by atoms with Crippen LogP contribution in [0.3, 0.4) is 0 Å². The number of hydrogen-bond donors (Lipinski definition) is 1. The summed E-state index contributed by atoms with van der Waals surface area (Å²) in [6.45, 7) is 3.69. The highest BCUT2D eigenvalue weighted by atomic mass is 16.5. The van der Waals surface area contributed by atoms with Gasteiger partial charge in [0.05, 0.1) is 6.61 Å². The molecular formula is C14H19N3O. The molecule has 18 heavy (non-hydrogen) atoms. The number of nitrogens with one attached hydrogen (secondary N) is 1. The molecule has 0 spiro atoms. The van der Waals surface area contributed by atoms with Crippen LogP contribution in [0.5, 0.6) is 0 Å². The molecular weight excluding hydrogens is 226 g/mol. The fourth-order valence-corrected chi connectivity index (χ4v) is 1.84. The largest absolute Gasteiger partial charge is 0.380 e. The first-order chi connectivity index (χ1) is 8.85. The Bertz CT molecular complexity index is 493. The van der Waals surface area contributed by atoms with Gasteiger partial charge in [-0.1, -0.05) is 19.1 Å². The topological polar surface area (TPSA) is 39.1 Å². The van der Waals surface area contributed by atoms with E-state index < -0.39 is 0 Å². The molecule has 96 valence electrons. The summed E-state index contributed by atoms with van der Waals surface area (Å²) in [6, 6.07) is 8.27. The standard InChI is InChI=1S/C14H19N3O/c1-3-7-15-14-16-8-9-17(14)13-6-4-5-12(10-13)11-18-2/h4-6,8-10H,3,7,11H2,1-2H3,(H,15,16). The summed E-state index contributed by atoms with van der Waals surface area (Å²) >= 11 is 0. The average Bonchev–Trinajstić information content (AvgIpc) is 2.85. The van der Waals surface area contributed by atoms with E-state index in [9.17, 15) is 0 Å². The van der Waals surface area contributed by atoms with E-state index >= 15 is 0 Å². The lowest BCUT2D eigenvalue weighted by molar-refractivity contribution is 0.185. The molecule has 2 aromatic rings. The zero-order valence-electron chi connectivity index (χ0n) is 10.9. The first-order valence-corrected chi connectivity index (χ1v) is 6.20. The van der Waals surface area contributed by atoms with E-state index in [4.69, 9.17) is 4.74 Å². The minimum atomic E-state index is 0.625. The second-order valence-corrected chi connectivity index (χ2v) is 4.15. The molecule has 4 heteroatoms. The summed E-state index contributed by atoms with van der Waals surface area (Å²) in [5, 5.41) is 3.31. The third-order valence-corrected chi connectivity index (χ3v) is 2.67. The molecule has 0 radical (unpaired) electrons. The van der Waals surface area contributed by atoms with Crippen LogP contribution < -0.4 is 5.32 Å². The Labute approximate surface area is 108 Å². The number of hydrogen-bond acceptors (Lipinski definition) is 3. The Morgan fingerprint density at radius 3 is 3.06 bits per heavy atom. The van der Waals surface area contributed by atoms with Crippen LogP contribution in [0.1, 0.15) is 18.9 Å². The van der Waals surface area contributed by atoms with Gasteiger partial charge in [0.15, 0.2) is 0 Å². The zero-order chi connectivity index (χ0) is 12.8. The Kier molecular flexibility index (Phi) is 4.36. The van der Waals surface area contributed by atoms with Crippen molar-refractivity contribution in [2.75, 3.05) is 19.0 Å².